The molecule has 6 heteroatoms. The van der Waals surface area contributed by atoms with Gasteiger partial charge >= 0.3 is 5.97 Å². The van der Waals surface area contributed by atoms with Crippen molar-refractivity contribution in [3.63, 3.8) is 0 Å². The van der Waals surface area contributed by atoms with Gasteiger partial charge in [0.25, 0.3) is 0 Å². The Morgan fingerprint density at radius 3 is 2.10 bits per heavy atom. The monoisotopic (exact) mass is 403 g/mol. The normalized spacial score (nSPS) is 18.1. The molecule has 0 amide bonds. The summed E-state index contributed by atoms with van der Waals surface area (Å²) >= 11 is 0. The second-order valence-electron chi connectivity index (χ2n) is 9.76. The van der Waals surface area contributed by atoms with Gasteiger partial charge in [0.05, 0.1) is 5.70 Å². The quantitative estimate of drug-likeness (QED) is 0.568. The van der Waals surface area contributed by atoms with Crippen molar-refractivity contribution in [3.8, 4) is 5.75 Å². The molecule has 0 aromatic heterocycles. The molecule has 160 valence electrons. The summed E-state index contributed by atoms with van der Waals surface area (Å²) in [7, 11) is 0. The first kappa shape index (κ1) is 22.9. The zero-order valence-corrected chi connectivity index (χ0v) is 18.7. The topological polar surface area (TPSA) is 84.9 Å². The van der Waals surface area contributed by atoms with E-state index >= 15 is 0 Å². The summed E-state index contributed by atoms with van der Waals surface area (Å²) in [6.07, 6.45) is 0.582. The molecule has 0 aliphatic carbocycles. The second-order valence-corrected chi connectivity index (χ2v) is 9.76. The fraction of sp³-hybridized carbons (Fsp3) is 0.565. The number of rotatable bonds is 5. The molecule has 1 heterocycles. The molecule has 1 aromatic carbocycles. The summed E-state index contributed by atoms with van der Waals surface area (Å²) in [6, 6.07) is 3.92. The number of Topliss-reactive ketones (excluding diaryl/α,β-unsaturated/α-hetero) is 1. The molecule has 0 fully saturated rings. The zero-order chi connectivity index (χ0) is 22.1. The molecule has 0 spiro atoms. The van der Waals surface area contributed by atoms with Crippen molar-refractivity contribution < 1.29 is 24.3 Å². The molecule has 6 nitrogen and oxygen atoms in total. The summed E-state index contributed by atoms with van der Waals surface area (Å²) in [5.74, 6) is -0.487. The highest BCUT2D eigenvalue weighted by Gasteiger charge is 2.30. The van der Waals surface area contributed by atoms with Gasteiger partial charge in [-0.05, 0) is 42.9 Å². The molecule has 0 radical (unpaired) electrons. The maximum atomic E-state index is 11.8. The third-order valence-corrected chi connectivity index (χ3v) is 4.85. The Balaban J connectivity index is 2.36. The van der Waals surface area contributed by atoms with E-state index in [-0.39, 0.29) is 23.0 Å². The van der Waals surface area contributed by atoms with Gasteiger partial charge in [-0.15, -0.1) is 0 Å². The number of hydrogen-bond donors (Lipinski definition) is 2. The number of nitrogens with one attached hydrogen (secondary N) is 1. The third kappa shape index (κ3) is 5.60. The first-order chi connectivity index (χ1) is 13.2. The van der Waals surface area contributed by atoms with Crippen LogP contribution < -0.4 is 5.48 Å². The van der Waals surface area contributed by atoms with Crippen LogP contribution in [0, 0.1) is 0 Å². The second kappa shape index (κ2) is 8.19. The lowest BCUT2D eigenvalue weighted by Crippen LogP contribution is -2.29. The molecule has 1 aliphatic heterocycles. The van der Waals surface area contributed by atoms with E-state index < -0.39 is 18.2 Å². The number of esters is 1. The SMILES string of the molecule is CC(=O)CC(=O)OC(C)C1C=C(c2cc(C(C)(C)C)c(O)c(C(C)(C)C)c2)NO1. The molecular formula is C23H33NO5. The van der Waals surface area contributed by atoms with E-state index in [9.17, 15) is 14.7 Å². The molecule has 29 heavy (non-hydrogen) atoms. The Morgan fingerprint density at radius 2 is 1.66 bits per heavy atom. The van der Waals surface area contributed by atoms with Gasteiger partial charge in [0.15, 0.2) is 0 Å². The largest absolute Gasteiger partial charge is 0.507 e. The van der Waals surface area contributed by atoms with E-state index in [0.717, 1.165) is 22.4 Å². The van der Waals surface area contributed by atoms with Crippen molar-refractivity contribution in [1.82, 2.24) is 5.48 Å². The van der Waals surface area contributed by atoms with Gasteiger partial charge in [-0.2, -0.15) is 0 Å². The molecule has 0 bridgehead atoms. The van der Waals surface area contributed by atoms with E-state index in [0.29, 0.717) is 5.75 Å². The van der Waals surface area contributed by atoms with Crippen LogP contribution in [0.2, 0.25) is 0 Å². The Kier molecular flexibility index (Phi) is 6.48. The van der Waals surface area contributed by atoms with Crippen molar-refractivity contribution >= 4 is 17.4 Å². The first-order valence-corrected chi connectivity index (χ1v) is 9.91. The number of ether oxygens (including phenoxy) is 1. The number of phenols is 1. The number of hydrogen-bond acceptors (Lipinski definition) is 6. The van der Waals surface area contributed by atoms with Crippen LogP contribution in [0.15, 0.2) is 18.2 Å². The van der Waals surface area contributed by atoms with Gasteiger partial charge in [0.1, 0.15) is 30.2 Å². The number of carbonyl (C=O) groups excluding carboxylic acids is 2. The van der Waals surface area contributed by atoms with Crippen LogP contribution in [0.1, 0.15) is 78.5 Å². The Bertz CT molecular complexity index is 792. The zero-order valence-electron chi connectivity index (χ0n) is 18.7. The van der Waals surface area contributed by atoms with Crippen LogP contribution in [0.4, 0.5) is 0 Å². The van der Waals surface area contributed by atoms with E-state index in [1.54, 1.807) is 6.92 Å². The van der Waals surface area contributed by atoms with Gasteiger partial charge < -0.3 is 9.84 Å². The molecule has 2 N–H and O–H groups in total. The molecule has 0 saturated heterocycles. The summed E-state index contributed by atoms with van der Waals surface area (Å²) in [5, 5.41) is 10.9. The maximum absolute atomic E-state index is 11.8. The van der Waals surface area contributed by atoms with E-state index in [4.69, 9.17) is 9.57 Å². The highest BCUT2D eigenvalue weighted by Crippen LogP contribution is 2.41. The summed E-state index contributed by atoms with van der Waals surface area (Å²) < 4.78 is 5.30. The van der Waals surface area contributed by atoms with Gasteiger partial charge in [0, 0.05) is 16.7 Å². The van der Waals surface area contributed by atoms with Crippen molar-refractivity contribution in [2.75, 3.05) is 0 Å². The van der Waals surface area contributed by atoms with Gasteiger partial charge in [-0.3, -0.25) is 19.9 Å². The lowest BCUT2D eigenvalue weighted by molar-refractivity contribution is -0.155. The average molecular weight is 404 g/mol. The van der Waals surface area contributed by atoms with Gasteiger partial charge in [-0.25, -0.2) is 0 Å². The number of benzene rings is 1. The maximum Gasteiger partial charge on any atom is 0.313 e. The lowest BCUT2D eigenvalue weighted by atomic mass is 9.78. The fourth-order valence-electron chi connectivity index (χ4n) is 3.20. The number of ketones is 1. The van der Waals surface area contributed by atoms with Crippen LogP contribution in [0.25, 0.3) is 5.70 Å². The average Bonchev–Trinajstić information content (AvgIpc) is 3.02. The van der Waals surface area contributed by atoms with Crippen LogP contribution in [-0.4, -0.2) is 29.1 Å². The lowest BCUT2D eigenvalue weighted by Gasteiger charge is -2.28. The minimum absolute atomic E-state index is 0.239. The van der Waals surface area contributed by atoms with Crippen LogP contribution >= 0.6 is 0 Å². The Morgan fingerprint density at radius 1 is 1.14 bits per heavy atom. The highest BCUT2D eigenvalue weighted by molar-refractivity contribution is 5.94. The summed E-state index contributed by atoms with van der Waals surface area (Å²) in [5.41, 5.74) is 5.78. The molecule has 2 unspecified atom stereocenters. The Labute approximate surface area is 173 Å². The smallest absolute Gasteiger partial charge is 0.313 e. The minimum atomic E-state index is -0.565. The van der Waals surface area contributed by atoms with Gasteiger partial charge in [-0.1, -0.05) is 41.5 Å². The molecule has 1 aliphatic rings. The Hall–Kier alpha value is -2.34. The molecule has 1 aromatic rings. The predicted octanol–water partition coefficient (Wildman–Crippen LogP) is 4.14. The van der Waals surface area contributed by atoms with Crippen molar-refractivity contribution in [2.24, 2.45) is 0 Å². The number of carbonyl (C=O) groups is 2. The van der Waals surface area contributed by atoms with Crippen molar-refractivity contribution in [2.45, 2.75) is 84.8 Å². The van der Waals surface area contributed by atoms with Crippen LogP contribution in [0.5, 0.6) is 5.75 Å². The minimum Gasteiger partial charge on any atom is -0.507 e. The van der Waals surface area contributed by atoms with Crippen LogP contribution in [0.3, 0.4) is 0 Å². The van der Waals surface area contributed by atoms with Crippen molar-refractivity contribution in [3.05, 3.63) is 34.9 Å². The van der Waals surface area contributed by atoms with Gasteiger partial charge in [0.2, 0.25) is 0 Å². The molecular weight excluding hydrogens is 370 g/mol. The fourth-order valence-corrected chi connectivity index (χ4v) is 3.20. The number of aromatic hydroxyl groups is 1. The van der Waals surface area contributed by atoms with E-state index in [2.05, 4.69) is 47.0 Å². The van der Waals surface area contributed by atoms with Crippen LogP contribution in [-0.2, 0) is 30.0 Å². The standard InChI is InChI=1S/C23H33NO5/c1-13(25)9-20(26)28-14(2)19-12-18(24-29-19)15-10-16(22(3,4)5)21(27)17(11-15)23(6,7)8/h10-12,14,19,24,27H,9H2,1-8H3. The van der Waals surface area contributed by atoms with E-state index in [1.807, 2.05) is 18.2 Å². The molecule has 2 rings (SSSR count). The highest BCUT2D eigenvalue weighted by atomic mass is 16.7. The summed E-state index contributed by atoms with van der Waals surface area (Å²) in [4.78, 5) is 28.4. The summed E-state index contributed by atoms with van der Waals surface area (Å²) in [6.45, 7) is 15.4. The number of hydroxylamine groups is 1. The third-order valence-electron chi connectivity index (χ3n) is 4.85. The first-order valence-electron chi connectivity index (χ1n) is 9.91. The number of phenolic OH excluding ortho intramolecular Hbond substituents is 1. The van der Waals surface area contributed by atoms with Crippen molar-refractivity contribution in [1.29, 1.82) is 0 Å². The molecule has 0 saturated carbocycles. The molecule has 2 atom stereocenters. The van der Waals surface area contributed by atoms with E-state index in [1.165, 1.54) is 6.92 Å². The predicted molar refractivity (Wildman–Crippen MR) is 112 cm³/mol.